The van der Waals surface area contributed by atoms with Crippen molar-refractivity contribution >= 4 is 39.6 Å². The normalized spacial score (nSPS) is 26.5. The number of aliphatic hydroxyl groups is 1. The molecule has 1 unspecified atom stereocenters. The summed E-state index contributed by atoms with van der Waals surface area (Å²) in [6, 6.07) is 17.3. The van der Waals surface area contributed by atoms with Crippen LogP contribution in [0.5, 0.6) is 0 Å². The highest BCUT2D eigenvalue weighted by atomic mass is 79.9. The minimum absolute atomic E-state index is 0.112. The van der Waals surface area contributed by atoms with Gasteiger partial charge in [-0.15, -0.1) is 13.2 Å². The van der Waals surface area contributed by atoms with Crippen LogP contribution in [0.2, 0.25) is 0 Å². The molecule has 1 spiro atoms. The number of carbonyl (C=O) groups is 4. The molecule has 1 N–H and O–H groups in total. The van der Waals surface area contributed by atoms with Gasteiger partial charge in [0.1, 0.15) is 17.7 Å². The van der Waals surface area contributed by atoms with E-state index < -0.39 is 47.7 Å². The Morgan fingerprint density at radius 1 is 1.12 bits per heavy atom. The first-order chi connectivity index (χ1) is 23.6. The Morgan fingerprint density at radius 3 is 2.43 bits per heavy atom. The number of likely N-dealkylation sites (N-methyl/N-ethyl adjacent to an activating group) is 1. The summed E-state index contributed by atoms with van der Waals surface area (Å²) in [5, 5.41) is 9.74. The number of aliphatic hydroxyl groups excluding tert-OH is 1. The standard InChI is InChI=1S/C38H46BrN3O7/c1-5-7-19-29(44)40(4)25(3)32(27-17-12-9-13-18-27)48-37(47)30-31-35(45)42(21-14-22-43)34(38(31)23-28(39)33(30)49-38)36(46)41(20-6-2)24-26-15-10-8-11-16-26/h5-6,8-13,15-18,25,28,30-34,43H,1-2,7,14,19-24H2,3-4H3/t25-,28?,30-,31+,32+,33-,34-,38+/m1/s1. The summed E-state index contributed by atoms with van der Waals surface area (Å²) in [5.74, 6) is -3.37. The molecule has 11 heteroatoms. The monoisotopic (exact) mass is 735 g/mol. The smallest absolute Gasteiger partial charge is 0.313 e. The summed E-state index contributed by atoms with van der Waals surface area (Å²) < 4.78 is 13.0. The van der Waals surface area contributed by atoms with Crippen molar-refractivity contribution in [1.82, 2.24) is 14.7 Å². The Hall–Kier alpha value is -3.80. The van der Waals surface area contributed by atoms with E-state index in [0.29, 0.717) is 24.9 Å². The molecule has 3 aliphatic heterocycles. The van der Waals surface area contributed by atoms with Crippen LogP contribution in [0.15, 0.2) is 86.0 Å². The molecule has 2 aromatic rings. The zero-order valence-corrected chi connectivity index (χ0v) is 29.7. The predicted molar refractivity (Wildman–Crippen MR) is 188 cm³/mol. The molecule has 3 aliphatic rings. The average molecular weight is 737 g/mol. The number of allylic oxidation sites excluding steroid dienone is 1. The van der Waals surface area contributed by atoms with Gasteiger partial charge in [0, 0.05) is 44.5 Å². The molecule has 8 atom stereocenters. The Bertz CT molecular complexity index is 1520. The van der Waals surface area contributed by atoms with Crippen LogP contribution >= 0.6 is 15.9 Å². The average Bonchev–Trinajstić information content (AvgIpc) is 3.71. The third-order valence-corrected chi connectivity index (χ3v) is 11.0. The molecule has 2 aromatic carbocycles. The molecule has 262 valence electrons. The third kappa shape index (κ3) is 7.11. The van der Waals surface area contributed by atoms with E-state index >= 15 is 0 Å². The molecule has 0 aromatic heterocycles. The number of nitrogens with zero attached hydrogens (tertiary/aromatic N) is 3. The van der Waals surface area contributed by atoms with E-state index in [0.717, 1.165) is 5.56 Å². The fraction of sp³-hybridized carbons (Fsp3) is 0.474. The first-order valence-corrected chi connectivity index (χ1v) is 17.8. The van der Waals surface area contributed by atoms with Crippen molar-refractivity contribution in [3.05, 3.63) is 97.1 Å². The number of likely N-dealkylation sites (tertiary alicyclic amines) is 1. The van der Waals surface area contributed by atoms with Gasteiger partial charge in [-0.1, -0.05) is 88.7 Å². The van der Waals surface area contributed by atoms with Crippen LogP contribution < -0.4 is 0 Å². The lowest BCUT2D eigenvalue weighted by Crippen LogP contribution is -2.56. The molecule has 3 saturated heterocycles. The molecule has 2 bridgehead atoms. The van der Waals surface area contributed by atoms with E-state index in [1.54, 1.807) is 29.0 Å². The fourth-order valence-corrected chi connectivity index (χ4v) is 8.59. The van der Waals surface area contributed by atoms with Crippen LogP contribution in [0.4, 0.5) is 0 Å². The van der Waals surface area contributed by atoms with Gasteiger partial charge >= 0.3 is 5.97 Å². The molecule has 49 heavy (non-hydrogen) atoms. The van der Waals surface area contributed by atoms with Gasteiger partial charge in [-0.2, -0.15) is 0 Å². The van der Waals surface area contributed by atoms with Gasteiger partial charge in [0.25, 0.3) is 0 Å². The number of alkyl halides is 1. The number of hydrogen-bond acceptors (Lipinski definition) is 7. The number of esters is 1. The highest BCUT2D eigenvalue weighted by Crippen LogP contribution is 2.60. The Kier molecular flexibility index (Phi) is 11.8. The lowest BCUT2D eigenvalue weighted by Gasteiger charge is -2.37. The number of amides is 3. The van der Waals surface area contributed by atoms with Crippen molar-refractivity contribution in [1.29, 1.82) is 0 Å². The second-order valence-electron chi connectivity index (χ2n) is 13.1. The minimum atomic E-state index is -1.28. The Balaban J connectivity index is 1.48. The topological polar surface area (TPSA) is 117 Å². The van der Waals surface area contributed by atoms with Crippen molar-refractivity contribution in [2.45, 2.75) is 73.9 Å². The summed E-state index contributed by atoms with van der Waals surface area (Å²) in [5.41, 5.74) is 0.341. The molecule has 0 radical (unpaired) electrons. The molecular weight excluding hydrogens is 690 g/mol. The van der Waals surface area contributed by atoms with Crippen LogP contribution in [-0.4, -0.2) is 98.9 Å². The zero-order chi connectivity index (χ0) is 35.3. The van der Waals surface area contributed by atoms with Gasteiger partial charge in [0.15, 0.2) is 0 Å². The number of ether oxygens (including phenoxy) is 2. The number of fused-ring (bicyclic) bond motifs is 1. The van der Waals surface area contributed by atoms with Crippen molar-refractivity contribution in [3.63, 3.8) is 0 Å². The van der Waals surface area contributed by atoms with Gasteiger partial charge in [0.2, 0.25) is 17.7 Å². The van der Waals surface area contributed by atoms with Gasteiger partial charge in [-0.05, 0) is 37.3 Å². The van der Waals surface area contributed by atoms with Crippen LogP contribution in [0.3, 0.4) is 0 Å². The van der Waals surface area contributed by atoms with E-state index in [4.69, 9.17) is 9.47 Å². The van der Waals surface area contributed by atoms with E-state index in [1.165, 1.54) is 4.90 Å². The molecule has 3 heterocycles. The van der Waals surface area contributed by atoms with Gasteiger partial charge in [-0.3, -0.25) is 19.2 Å². The van der Waals surface area contributed by atoms with Crippen LogP contribution in [0.25, 0.3) is 0 Å². The Morgan fingerprint density at radius 2 is 1.80 bits per heavy atom. The summed E-state index contributed by atoms with van der Waals surface area (Å²) >= 11 is 3.73. The largest absolute Gasteiger partial charge is 0.455 e. The SMILES string of the molecule is C=CCCC(=O)N(C)[C@H](C)[C@H](OC(=O)[C@H]1[C@@H]2O[C@@]3(CC2Br)[C@@H]1C(=O)N(CCCO)[C@@H]3C(=O)N(CC=C)Cc1ccccc1)c1ccccc1. The highest BCUT2D eigenvalue weighted by Gasteiger charge is 2.77. The number of halogens is 1. The van der Waals surface area contributed by atoms with Gasteiger partial charge < -0.3 is 29.3 Å². The zero-order valence-electron chi connectivity index (χ0n) is 28.2. The number of carbonyl (C=O) groups excluding carboxylic acids is 4. The summed E-state index contributed by atoms with van der Waals surface area (Å²) in [6.07, 6.45) is 3.19. The predicted octanol–water partition coefficient (Wildman–Crippen LogP) is 4.43. The second kappa shape index (κ2) is 15.8. The molecule has 10 nitrogen and oxygen atoms in total. The third-order valence-electron chi connectivity index (χ3n) is 10.1. The van der Waals surface area contributed by atoms with Crippen molar-refractivity contribution in [2.75, 3.05) is 26.7 Å². The molecular formula is C38H46BrN3O7. The van der Waals surface area contributed by atoms with E-state index in [1.807, 2.05) is 67.6 Å². The quantitative estimate of drug-likeness (QED) is 0.154. The maximum absolute atomic E-state index is 14.6. The fourth-order valence-electron chi connectivity index (χ4n) is 7.65. The van der Waals surface area contributed by atoms with Crippen LogP contribution in [-0.2, 0) is 35.2 Å². The van der Waals surface area contributed by atoms with Crippen LogP contribution in [0, 0.1) is 11.8 Å². The van der Waals surface area contributed by atoms with Gasteiger partial charge in [-0.25, -0.2) is 0 Å². The molecule has 3 fully saturated rings. The maximum atomic E-state index is 14.6. The number of hydrogen-bond donors (Lipinski definition) is 1. The molecule has 0 saturated carbocycles. The first kappa shape index (κ1) is 36.5. The van der Waals surface area contributed by atoms with Crippen LogP contribution in [0.1, 0.15) is 49.8 Å². The Labute approximate surface area is 296 Å². The van der Waals surface area contributed by atoms with E-state index in [2.05, 4.69) is 29.1 Å². The van der Waals surface area contributed by atoms with Crippen molar-refractivity contribution in [3.8, 4) is 0 Å². The van der Waals surface area contributed by atoms with Crippen molar-refractivity contribution in [2.24, 2.45) is 11.8 Å². The minimum Gasteiger partial charge on any atom is -0.455 e. The number of benzene rings is 2. The summed E-state index contributed by atoms with van der Waals surface area (Å²) in [6.45, 7) is 9.90. The van der Waals surface area contributed by atoms with E-state index in [-0.39, 0.29) is 55.1 Å². The summed E-state index contributed by atoms with van der Waals surface area (Å²) in [7, 11) is 1.68. The maximum Gasteiger partial charge on any atom is 0.313 e. The molecule has 3 amide bonds. The highest BCUT2D eigenvalue weighted by molar-refractivity contribution is 9.09. The molecule has 0 aliphatic carbocycles. The molecule has 5 rings (SSSR count). The van der Waals surface area contributed by atoms with E-state index in [9.17, 15) is 24.3 Å². The van der Waals surface area contributed by atoms with Gasteiger partial charge in [0.05, 0.1) is 24.0 Å². The lowest BCUT2D eigenvalue weighted by molar-refractivity contribution is -0.164. The summed E-state index contributed by atoms with van der Waals surface area (Å²) in [4.78, 5) is 60.9. The van der Waals surface area contributed by atoms with Crippen molar-refractivity contribution < 1.29 is 33.8 Å². The lowest BCUT2D eigenvalue weighted by atomic mass is 9.70. The number of rotatable bonds is 16. The second-order valence-corrected chi connectivity index (χ2v) is 14.3. The first-order valence-electron chi connectivity index (χ1n) is 16.9.